The molecule has 1 amide bonds. The number of thiophene rings is 1. The maximum absolute atomic E-state index is 11.3. The standard InChI is InChI=1S/C14H12ClNO2S/c1-18-10-6-12(19-7-10)14(15)8-2-3-11-9(4-8)5-13(17)16-11/h2-4,6-7,14H,5H2,1H3,(H,16,17). The summed E-state index contributed by atoms with van der Waals surface area (Å²) in [6.45, 7) is 0. The van der Waals surface area contributed by atoms with Crippen LogP contribution in [0.5, 0.6) is 5.75 Å². The van der Waals surface area contributed by atoms with Crippen molar-refractivity contribution in [1.29, 1.82) is 0 Å². The Bertz CT molecular complexity index is 638. The third-order valence-electron chi connectivity index (χ3n) is 3.13. The highest BCUT2D eigenvalue weighted by Gasteiger charge is 2.20. The fourth-order valence-electron chi connectivity index (χ4n) is 2.15. The van der Waals surface area contributed by atoms with Crippen LogP contribution >= 0.6 is 22.9 Å². The Morgan fingerprint density at radius 1 is 1.42 bits per heavy atom. The second kappa shape index (κ2) is 4.87. The van der Waals surface area contributed by atoms with Crippen molar-refractivity contribution >= 4 is 34.5 Å². The first kappa shape index (κ1) is 12.5. The molecule has 1 unspecified atom stereocenters. The number of ether oxygens (including phenoxy) is 1. The van der Waals surface area contributed by atoms with Crippen molar-refractivity contribution in [3.8, 4) is 5.75 Å². The summed E-state index contributed by atoms with van der Waals surface area (Å²) >= 11 is 8.06. The van der Waals surface area contributed by atoms with E-state index in [4.69, 9.17) is 16.3 Å². The van der Waals surface area contributed by atoms with Crippen molar-refractivity contribution in [1.82, 2.24) is 0 Å². The molecule has 2 heterocycles. The van der Waals surface area contributed by atoms with Gasteiger partial charge in [-0.15, -0.1) is 22.9 Å². The average molecular weight is 294 g/mol. The normalized spacial score (nSPS) is 14.9. The molecule has 0 fully saturated rings. The van der Waals surface area contributed by atoms with Crippen LogP contribution in [0.25, 0.3) is 0 Å². The van der Waals surface area contributed by atoms with Gasteiger partial charge in [-0.3, -0.25) is 4.79 Å². The van der Waals surface area contributed by atoms with Crippen LogP contribution < -0.4 is 10.1 Å². The van der Waals surface area contributed by atoms with Crippen LogP contribution in [0.15, 0.2) is 29.6 Å². The first-order chi connectivity index (χ1) is 9.17. The van der Waals surface area contributed by atoms with E-state index < -0.39 is 0 Å². The fraction of sp³-hybridized carbons (Fsp3) is 0.214. The molecule has 0 bridgehead atoms. The van der Waals surface area contributed by atoms with E-state index in [1.165, 1.54) is 0 Å². The summed E-state index contributed by atoms with van der Waals surface area (Å²) in [5, 5.41) is 4.54. The van der Waals surface area contributed by atoms with E-state index in [0.717, 1.165) is 27.4 Å². The number of nitrogens with one attached hydrogen (secondary N) is 1. The van der Waals surface area contributed by atoms with Crippen molar-refractivity contribution in [2.75, 3.05) is 12.4 Å². The zero-order valence-electron chi connectivity index (χ0n) is 10.3. The highest BCUT2D eigenvalue weighted by molar-refractivity contribution is 7.10. The van der Waals surface area contributed by atoms with Crippen molar-refractivity contribution in [3.63, 3.8) is 0 Å². The Kier molecular flexibility index (Phi) is 3.21. The fourth-order valence-corrected chi connectivity index (χ4v) is 3.35. The Morgan fingerprint density at radius 3 is 3.00 bits per heavy atom. The molecule has 1 atom stereocenters. The van der Waals surface area contributed by atoms with Crippen molar-refractivity contribution in [2.45, 2.75) is 11.8 Å². The van der Waals surface area contributed by atoms with Gasteiger partial charge in [0.2, 0.25) is 5.91 Å². The van der Waals surface area contributed by atoms with Crippen molar-refractivity contribution < 1.29 is 9.53 Å². The molecule has 19 heavy (non-hydrogen) atoms. The molecule has 0 spiro atoms. The summed E-state index contributed by atoms with van der Waals surface area (Å²) in [6.07, 6.45) is 0.431. The third kappa shape index (κ3) is 2.33. The number of benzene rings is 1. The van der Waals surface area contributed by atoms with Gasteiger partial charge in [-0.25, -0.2) is 0 Å². The van der Waals surface area contributed by atoms with Gasteiger partial charge in [-0.2, -0.15) is 0 Å². The molecular weight excluding hydrogens is 282 g/mol. The number of rotatable bonds is 3. The summed E-state index contributed by atoms with van der Waals surface area (Å²) in [6, 6.07) is 7.81. The third-order valence-corrected chi connectivity index (χ3v) is 4.72. The minimum absolute atomic E-state index is 0.0380. The van der Waals surface area contributed by atoms with Crippen LogP contribution in [0.3, 0.4) is 0 Å². The Labute approximate surface area is 120 Å². The summed E-state index contributed by atoms with van der Waals surface area (Å²) < 4.78 is 5.17. The predicted molar refractivity (Wildman–Crippen MR) is 77.3 cm³/mol. The molecule has 1 aromatic carbocycles. The second-order valence-electron chi connectivity index (χ2n) is 4.39. The molecule has 1 aliphatic heterocycles. The van der Waals surface area contributed by atoms with Gasteiger partial charge in [0.25, 0.3) is 0 Å². The molecule has 3 nitrogen and oxygen atoms in total. The maximum Gasteiger partial charge on any atom is 0.228 e. The second-order valence-corrected chi connectivity index (χ2v) is 5.77. The Morgan fingerprint density at radius 2 is 2.26 bits per heavy atom. The highest BCUT2D eigenvalue weighted by Crippen LogP contribution is 2.37. The van der Waals surface area contributed by atoms with Gasteiger partial charge in [-0.05, 0) is 23.3 Å². The molecule has 1 aliphatic rings. The van der Waals surface area contributed by atoms with Gasteiger partial charge in [0.1, 0.15) is 5.75 Å². The topological polar surface area (TPSA) is 38.3 Å². The molecule has 3 rings (SSSR count). The lowest BCUT2D eigenvalue weighted by Gasteiger charge is -2.09. The lowest BCUT2D eigenvalue weighted by Crippen LogP contribution is -2.03. The van der Waals surface area contributed by atoms with Crippen LogP contribution in [0.2, 0.25) is 0 Å². The van der Waals surface area contributed by atoms with Gasteiger partial charge >= 0.3 is 0 Å². The van der Waals surface area contributed by atoms with E-state index in [9.17, 15) is 4.79 Å². The predicted octanol–water partition coefficient (Wildman–Crippen LogP) is 3.58. The average Bonchev–Trinajstić information content (AvgIpc) is 3.01. The van der Waals surface area contributed by atoms with E-state index in [0.29, 0.717) is 6.42 Å². The van der Waals surface area contributed by atoms with Crippen LogP contribution in [-0.2, 0) is 11.2 Å². The maximum atomic E-state index is 11.3. The summed E-state index contributed by atoms with van der Waals surface area (Å²) in [5.41, 5.74) is 2.90. The summed E-state index contributed by atoms with van der Waals surface area (Å²) in [7, 11) is 1.64. The SMILES string of the molecule is COc1csc(C(Cl)c2ccc3c(c2)CC(=O)N3)c1. The minimum Gasteiger partial charge on any atom is -0.496 e. The van der Waals surface area contributed by atoms with Crippen molar-refractivity contribution in [2.24, 2.45) is 0 Å². The highest BCUT2D eigenvalue weighted by atomic mass is 35.5. The van der Waals surface area contributed by atoms with Gasteiger partial charge in [0.15, 0.2) is 0 Å². The van der Waals surface area contributed by atoms with Crippen LogP contribution in [0.4, 0.5) is 5.69 Å². The Balaban J connectivity index is 1.90. The Hall–Kier alpha value is -1.52. The first-order valence-corrected chi connectivity index (χ1v) is 7.18. The van der Waals surface area contributed by atoms with Crippen LogP contribution in [0.1, 0.15) is 21.4 Å². The lowest BCUT2D eigenvalue weighted by atomic mass is 10.0. The molecule has 0 aliphatic carbocycles. The number of anilines is 1. The van der Waals surface area contributed by atoms with E-state index in [2.05, 4.69) is 5.32 Å². The number of hydrogen-bond acceptors (Lipinski definition) is 3. The van der Waals surface area contributed by atoms with Crippen LogP contribution in [-0.4, -0.2) is 13.0 Å². The van der Waals surface area contributed by atoms with E-state index >= 15 is 0 Å². The molecule has 2 aromatic rings. The van der Waals surface area contributed by atoms with Gasteiger partial charge in [0.05, 0.1) is 18.9 Å². The van der Waals surface area contributed by atoms with Gasteiger partial charge < -0.3 is 10.1 Å². The summed E-state index contributed by atoms with van der Waals surface area (Å²) in [5.74, 6) is 0.861. The number of fused-ring (bicyclic) bond motifs is 1. The molecule has 0 saturated carbocycles. The number of carbonyl (C=O) groups is 1. The smallest absolute Gasteiger partial charge is 0.228 e. The molecule has 98 valence electrons. The number of halogens is 1. The zero-order valence-corrected chi connectivity index (χ0v) is 11.8. The van der Waals surface area contributed by atoms with Crippen LogP contribution in [0, 0.1) is 0 Å². The zero-order chi connectivity index (χ0) is 13.4. The van der Waals surface area contributed by atoms with Crippen molar-refractivity contribution in [3.05, 3.63) is 45.6 Å². The molecule has 0 saturated heterocycles. The number of alkyl halides is 1. The minimum atomic E-state index is -0.213. The largest absolute Gasteiger partial charge is 0.496 e. The van der Waals surface area contributed by atoms with E-state index in [1.54, 1.807) is 18.4 Å². The molecule has 0 radical (unpaired) electrons. The molecular formula is C14H12ClNO2S. The quantitative estimate of drug-likeness (QED) is 0.879. The van der Waals surface area contributed by atoms with E-state index in [-0.39, 0.29) is 11.3 Å². The van der Waals surface area contributed by atoms with E-state index in [1.807, 2.05) is 29.6 Å². The van der Waals surface area contributed by atoms with Gasteiger partial charge in [0, 0.05) is 15.9 Å². The number of carbonyl (C=O) groups excluding carboxylic acids is 1. The number of hydrogen-bond donors (Lipinski definition) is 1. The molecule has 1 N–H and O–H groups in total. The number of amides is 1. The molecule has 1 aromatic heterocycles. The van der Waals surface area contributed by atoms with Gasteiger partial charge in [-0.1, -0.05) is 12.1 Å². The monoisotopic (exact) mass is 293 g/mol. The molecule has 5 heteroatoms. The lowest BCUT2D eigenvalue weighted by molar-refractivity contribution is -0.115. The summed E-state index contributed by atoms with van der Waals surface area (Å²) in [4.78, 5) is 12.4. The first-order valence-electron chi connectivity index (χ1n) is 5.86. The number of methoxy groups -OCH3 is 1.